The number of para-hydroxylation sites is 1. The van der Waals surface area contributed by atoms with Crippen LogP contribution in [0.3, 0.4) is 0 Å². The Morgan fingerprint density at radius 2 is 1.94 bits per heavy atom. The molecule has 0 aliphatic heterocycles. The monoisotopic (exact) mass is 446 g/mol. The number of benzene rings is 2. The highest BCUT2D eigenvalue weighted by molar-refractivity contribution is 7.16. The predicted octanol–water partition coefficient (Wildman–Crippen LogP) is 6.91. The maximum absolute atomic E-state index is 13.4. The first-order valence-electron chi connectivity index (χ1n) is 11.0. The van der Waals surface area contributed by atoms with Crippen molar-refractivity contribution in [3.8, 4) is 5.75 Å². The summed E-state index contributed by atoms with van der Waals surface area (Å²) in [6.07, 6.45) is 4.84. The van der Waals surface area contributed by atoms with Gasteiger partial charge in [0.25, 0.3) is 5.91 Å². The topological polar surface area (TPSA) is 50.7 Å². The second-order valence-electron chi connectivity index (χ2n) is 9.34. The van der Waals surface area contributed by atoms with E-state index in [9.17, 15) is 4.79 Å². The SMILES string of the molecule is COc1cccc(/C=N/c2sc3c(c2C(=O)Nc2ccccc2)CCC(C(C)(C)C)C3)c1. The number of fused-ring (bicyclic) bond motifs is 1. The smallest absolute Gasteiger partial charge is 0.259 e. The molecule has 0 radical (unpaired) electrons. The third-order valence-corrected chi connectivity index (χ3v) is 7.32. The first-order valence-corrected chi connectivity index (χ1v) is 11.9. The van der Waals surface area contributed by atoms with Crippen molar-refractivity contribution in [1.82, 2.24) is 0 Å². The summed E-state index contributed by atoms with van der Waals surface area (Å²) in [4.78, 5) is 19.4. The fourth-order valence-corrected chi connectivity index (χ4v) is 5.47. The van der Waals surface area contributed by atoms with Crippen LogP contribution in [-0.4, -0.2) is 19.2 Å². The van der Waals surface area contributed by atoms with Crippen molar-refractivity contribution in [3.05, 3.63) is 76.2 Å². The number of methoxy groups -OCH3 is 1. The van der Waals surface area contributed by atoms with Gasteiger partial charge in [0.1, 0.15) is 10.8 Å². The van der Waals surface area contributed by atoms with Gasteiger partial charge in [-0.15, -0.1) is 11.3 Å². The zero-order valence-corrected chi connectivity index (χ0v) is 20.0. The van der Waals surface area contributed by atoms with Crippen LogP contribution in [0.4, 0.5) is 10.7 Å². The molecule has 5 heteroatoms. The molecule has 1 atom stereocenters. The van der Waals surface area contributed by atoms with E-state index in [2.05, 4.69) is 26.1 Å². The van der Waals surface area contributed by atoms with Crippen LogP contribution in [0.2, 0.25) is 0 Å². The first kappa shape index (κ1) is 22.3. The molecule has 0 saturated heterocycles. The molecule has 1 unspecified atom stereocenters. The molecule has 3 aromatic rings. The van der Waals surface area contributed by atoms with E-state index in [1.54, 1.807) is 18.4 Å². The van der Waals surface area contributed by atoms with Gasteiger partial charge in [-0.1, -0.05) is 51.1 Å². The minimum absolute atomic E-state index is 0.0827. The van der Waals surface area contributed by atoms with E-state index in [0.29, 0.717) is 5.92 Å². The fraction of sp³-hybridized carbons (Fsp3) is 0.333. The van der Waals surface area contributed by atoms with Crippen molar-refractivity contribution in [2.75, 3.05) is 12.4 Å². The summed E-state index contributed by atoms with van der Waals surface area (Å²) in [6.45, 7) is 6.92. The van der Waals surface area contributed by atoms with Gasteiger partial charge in [0.15, 0.2) is 0 Å². The van der Waals surface area contributed by atoms with Crippen LogP contribution in [0.25, 0.3) is 0 Å². The summed E-state index contributed by atoms with van der Waals surface area (Å²) in [6, 6.07) is 17.4. The summed E-state index contributed by atoms with van der Waals surface area (Å²) in [5, 5.41) is 3.85. The quantitative estimate of drug-likeness (QED) is 0.433. The van der Waals surface area contributed by atoms with Crippen molar-refractivity contribution in [3.63, 3.8) is 0 Å². The summed E-state index contributed by atoms with van der Waals surface area (Å²) < 4.78 is 5.32. The maximum Gasteiger partial charge on any atom is 0.259 e. The maximum atomic E-state index is 13.4. The molecule has 4 rings (SSSR count). The van der Waals surface area contributed by atoms with Gasteiger partial charge < -0.3 is 10.1 Å². The molecule has 1 aliphatic carbocycles. The number of hydrogen-bond donors (Lipinski definition) is 1. The number of nitrogens with one attached hydrogen (secondary N) is 1. The van der Waals surface area contributed by atoms with Gasteiger partial charge in [-0.25, -0.2) is 4.99 Å². The molecule has 166 valence electrons. The summed E-state index contributed by atoms with van der Waals surface area (Å²) in [7, 11) is 1.65. The number of thiophene rings is 1. The number of rotatable bonds is 5. The molecular weight excluding hydrogens is 416 g/mol. The minimum Gasteiger partial charge on any atom is -0.497 e. The summed E-state index contributed by atoms with van der Waals surface area (Å²) in [5.41, 5.74) is 3.88. The van der Waals surface area contributed by atoms with E-state index in [0.717, 1.165) is 46.8 Å². The molecule has 4 nitrogen and oxygen atoms in total. The average molecular weight is 447 g/mol. The molecule has 0 spiro atoms. The molecule has 1 amide bonds. The van der Waals surface area contributed by atoms with E-state index in [1.165, 1.54) is 10.4 Å². The van der Waals surface area contributed by atoms with Crippen LogP contribution >= 0.6 is 11.3 Å². The first-order chi connectivity index (χ1) is 15.3. The molecule has 0 bridgehead atoms. The molecule has 1 aliphatic rings. The normalized spacial score (nSPS) is 16.1. The highest BCUT2D eigenvalue weighted by atomic mass is 32.1. The van der Waals surface area contributed by atoms with Gasteiger partial charge in [-0.2, -0.15) is 0 Å². The van der Waals surface area contributed by atoms with Gasteiger partial charge in [0.2, 0.25) is 0 Å². The number of nitrogens with zero attached hydrogens (tertiary/aromatic N) is 1. The highest BCUT2D eigenvalue weighted by Crippen LogP contribution is 2.45. The third-order valence-electron chi connectivity index (χ3n) is 6.15. The van der Waals surface area contributed by atoms with E-state index >= 15 is 0 Å². The molecule has 1 heterocycles. The number of hydrogen-bond acceptors (Lipinski definition) is 4. The number of aliphatic imine (C=N–C) groups is 1. The van der Waals surface area contributed by atoms with E-state index in [4.69, 9.17) is 9.73 Å². The van der Waals surface area contributed by atoms with Crippen LogP contribution in [0.15, 0.2) is 59.6 Å². The summed E-state index contributed by atoms with van der Waals surface area (Å²) >= 11 is 1.66. The van der Waals surface area contributed by atoms with Crippen LogP contribution in [-0.2, 0) is 12.8 Å². The summed E-state index contributed by atoms with van der Waals surface area (Å²) in [5.74, 6) is 1.31. The Balaban J connectivity index is 1.70. The Morgan fingerprint density at radius 1 is 1.16 bits per heavy atom. The van der Waals surface area contributed by atoms with Gasteiger partial charge >= 0.3 is 0 Å². The molecule has 0 fully saturated rings. The van der Waals surface area contributed by atoms with Crippen LogP contribution in [0.1, 0.15) is 53.6 Å². The van der Waals surface area contributed by atoms with Crippen molar-refractivity contribution in [2.24, 2.45) is 16.3 Å². The Morgan fingerprint density at radius 3 is 2.66 bits per heavy atom. The molecule has 2 aromatic carbocycles. The van der Waals surface area contributed by atoms with Crippen molar-refractivity contribution in [1.29, 1.82) is 0 Å². The largest absolute Gasteiger partial charge is 0.497 e. The Labute approximate surface area is 194 Å². The lowest BCUT2D eigenvalue weighted by molar-refractivity contribution is 0.102. The average Bonchev–Trinajstić information content (AvgIpc) is 3.15. The number of anilines is 1. The Bertz CT molecular complexity index is 1130. The lowest BCUT2D eigenvalue weighted by atomic mass is 9.72. The molecule has 32 heavy (non-hydrogen) atoms. The fourth-order valence-electron chi connectivity index (χ4n) is 4.21. The van der Waals surface area contributed by atoms with E-state index in [1.807, 2.05) is 60.8 Å². The Kier molecular flexibility index (Phi) is 6.47. The number of amides is 1. The van der Waals surface area contributed by atoms with E-state index in [-0.39, 0.29) is 11.3 Å². The van der Waals surface area contributed by atoms with Gasteiger partial charge in [0.05, 0.1) is 12.7 Å². The van der Waals surface area contributed by atoms with Crippen LogP contribution in [0, 0.1) is 11.3 Å². The van der Waals surface area contributed by atoms with E-state index < -0.39 is 0 Å². The van der Waals surface area contributed by atoms with Crippen LogP contribution < -0.4 is 10.1 Å². The van der Waals surface area contributed by atoms with Crippen molar-refractivity contribution >= 4 is 34.1 Å². The second-order valence-corrected chi connectivity index (χ2v) is 10.4. The lowest BCUT2D eigenvalue weighted by Gasteiger charge is -2.33. The molecular formula is C27H30N2O2S. The predicted molar refractivity (Wildman–Crippen MR) is 134 cm³/mol. The number of carbonyl (C=O) groups excluding carboxylic acids is 1. The van der Waals surface area contributed by atoms with Crippen molar-refractivity contribution in [2.45, 2.75) is 40.0 Å². The van der Waals surface area contributed by atoms with Gasteiger partial charge in [-0.05, 0) is 66.0 Å². The Hall–Kier alpha value is -2.92. The number of ether oxygens (including phenoxy) is 1. The molecule has 1 N–H and O–H groups in total. The zero-order chi connectivity index (χ0) is 22.7. The highest BCUT2D eigenvalue weighted by Gasteiger charge is 2.33. The standard InChI is InChI=1S/C27H30N2O2S/c1-27(2,3)19-13-14-22-23(16-19)32-26(28-17-18-9-8-12-21(15-18)31-4)24(22)25(30)29-20-10-6-5-7-11-20/h5-12,15,17,19H,13-14,16H2,1-4H3,(H,29,30)/b28-17+. The van der Waals surface area contributed by atoms with Crippen LogP contribution in [0.5, 0.6) is 5.75 Å². The minimum atomic E-state index is -0.0827. The van der Waals surface area contributed by atoms with Crippen molar-refractivity contribution < 1.29 is 9.53 Å². The molecule has 1 aromatic heterocycles. The molecule has 0 saturated carbocycles. The third kappa shape index (κ3) is 4.94. The van der Waals surface area contributed by atoms with Gasteiger partial charge in [0, 0.05) is 16.8 Å². The van der Waals surface area contributed by atoms with Gasteiger partial charge in [-0.3, -0.25) is 4.79 Å². The lowest BCUT2D eigenvalue weighted by Crippen LogP contribution is -2.27. The number of carbonyl (C=O) groups is 1. The zero-order valence-electron chi connectivity index (χ0n) is 19.1. The second kappa shape index (κ2) is 9.29.